The van der Waals surface area contributed by atoms with Gasteiger partial charge in [-0.15, -0.1) is 5.12 Å². The Labute approximate surface area is 55.1 Å². The van der Waals surface area contributed by atoms with Gasteiger partial charge < -0.3 is 0 Å². The Bertz CT molecular complexity index is 173. The predicted molar refractivity (Wildman–Crippen MR) is 34.7 cm³/mol. The predicted octanol–water partition coefficient (Wildman–Crippen LogP) is 0.587. The second-order valence-corrected chi connectivity index (χ2v) is 3.00. The lowest BCUT2D eigenvalue weighted by molar-refractivity contribution is 0.129. The SMILES string of the molecule is CN1C=CN2N1C2(C)C. The zero-order valence-corrected chi connectivity index (χ0v) is 6.00. The van der Waals surface area contributed by atoms with Crippen LogP contribution in [0.15, 0.2) is 12.4 Å². The summed E-state index contributed by atoms with van der Waals surface area (Å²) >= 11 is 0. The fourth-order valence-electron chi connectivity index (χ4n) is 1.38. The van der Waals surface area contributed by atoms with Gasteiger partial charge in [0.1, 0.15) is 5.66 Å². The molecule has 0 aliphatic carbocycles. The van der Waals surface area contributed by atoms with Crippen LogP contribution in [-0.2, 0) is 0 Å². The summed E-state index contributed by atoms with van der Waals surface area (Å²) in [5.74, 6) is 0. The molecule has 0 N–H and O–H groups in total. The van der Waals surface area contributed by atoms with Crippen LogP contribution in [0.2, 0.25) is 0 Å². The van der Waals surface area contributed by atoms with Crippen LogP contribution in [0.25, 0.3) is 0 Å². The van der Waals surface area contributed by atoms with Crippen molar-refractivity contribution in [2.24, 2.45) is 0 Å². The summed E-state index contributed by atoms with van der Waals surface area (Å²) in [7, 11) is 2.05. The Morgan fingerprint density at radius 2 is 1.89 bits per heavy atom. The molecule has 0 spiro atoms. The highest BCUT2D eigenvalue weighted by atomic mass is 16.1. The highest BCUT2D eigenvalue weighted by Gasteiger charge is 2.56. The van der Waals surface area contributed by atoms with E-state index < -0.39 is 0 Å². The van der Waals surface area contributed by atoms with E-state index in [2.05, 4.69) is 35.2 Å². The Morgan fingerprint density at radius 1 is 1.22 bits per heavy atom. The number of hydrogen-bond acceptors (Lipinski definition) is 3. The highest BCUT2D eigenvalue weighted by molar-refractivity contribution is 5.06. The third-order valence-corrected chi connectivity index (χ3v) is 1.94. The molecule has 1 atom stereocenters. The molecule has 2 aliphatic rings. The average Bonchev–Trinajstić information content (AvgIpc) is 2.19. The van der Waals surface area contributed by atoms with Crippen molar-refractivity contribution in [2.45, 2.75) is 19.5 Å². The largest absolute Gasteiger partial charge is 0.295 e. The van der Waals surface area contributed by atoms with Gasteiger partial charge in [0.15, 0.2) is 0 Å². The van der Waals surface area contributed by atoms with Crippen molar-refractivity contribution < 1.29 is 0 Å². The number of hydrazine groups is 2. The molecule has 2 heterocycles. The highest BCUT2D eigenvalue weighted by Crippen LogP contribution is 2.43. The molecule has 0 aromatic rings. The molecule has 0 radical (unpaired) electrons. The van der Waals surface area contributed by atoms with Crippen molar-refractivity contribution in [2.75, 3.05) is 7.05 Å². The maximum Gasteiger partial charge on any atom is 0.142 e. The van der Waals surface area contributed by atoms with E-state index in [4.69, 9.17) is 0 Å². The van der Waals surface area contributed by atoms with E-state index in [9.17, 15) is 0 Å². The Balaban J connectivity index is 2.24. The Morgan fingerprint density at radius 3 is 2.11 bits per heavy atom. The van der Waals surface area contributed by atoms with Crippen LogP contribution in [-0.4, -0.2) is 27.8 Å². The second kappa shape index (κ2) is 1.09. The van der Waals surface area contributed by atoms with Gasteiger partial charge in [-0.05, 0) is 13.8 Å². The van der Waals surface area contributed by atoms with Crippen LogP contribution < -0.4 is 0 Å². The molecule has 3 heteroatoms. The maximum atomic E-state index is 2.19. The molecule has 0 saturated carbocycles. The summed E-state index contributed by atoms with van der Waals surface area (Å²) in [6.07, 6.45) is 4.13. The number of hydrogen-bond donors (Lipinski definition) is 0. The number of rotatable bonds is 0. The van der Waals surface area contributed by atoms with E-state index in [0.29, 0.717) is 0 Å². The van der Waals surface area contributed by atoms with Crippen molar-refractivity contribution in [1.29, 1.82) is 0 Å². The molecule has 0 bridgehead atoms. The molecule has 0 amide bonds. The standard InChI is InChI=1S/C6H11N3/c1-6(2)8-5-4-7(3)9(6)8/h4-5H,1-3H3. The van der Waals surface area contributed by atoms with E-state index in [1.807, 2.05) is 13.2 Å². The van der Waals surface area contributed by atoms with Gasteiger partial charge in [0.2, 0.25) is 0 Å². The fourth-order valence-corrected chi connectivity index (χ4v) is 1.38. The lowest BCUT2D eigenvalue weighted by Gasteiger charge is -2.10. The fraction of sp³-hybridized carbons (Fsp3) is 0.667. The number of nitrogens with zero attached hydrogens (tertiary/aromatic N) is 3. The first kappa shape index (κ1) is 5.11. The van der Waals surface area contributed by atoms with E-state index in [-0.39, 0.29) is 5.66 Å². The Hall–Kier alpha value is -0.700. The van der Waals surface area contributed by atoms with Gasteiger partial charge in [-0.1, -0.05) is 0 Å². The van der Waals surface area contributed by atoms with Gasteiger partial charge in [-0.25, -0.2) is 0 Å². The molecular weight excluding hydrogens is 114 g/mol. The summed E-state index contributed by atoms with van der Waals surface area (Å²) < 4.78 is 0. The van der Waals surface area contributed by atoms with Crippen molar-refractivity contribution in [3.8, 4) is 0 Å². The molecule has 2 rings (SSSR count). The van der Waals surface area contributed by atoms with Crippen LogP contribution in [0.3, 0.4) is 0 Å². The second-order valence-electron chi connectivity index (χ2n) is 3.00. The van der Waals surface area contributed by atoms with Gasteiger partial charge in [-0.2, -0.15) is 0 Å². The minimum Gasteiger partial charge on any atom is -0.295 e. The average molecular weight is 125 g/mol. The summed E-state index contributed by atoms with van der Waals surface area (Å²) in [5.41, 5.74) is 0.240. The molecule has 1 unspecified atom stereocenters. The summed E-state index contributed by atoms with van der Waals surface area (Å²) in [6, 6.07) is 0. The van der Waals surface area contributed by atoms with Crippen LogP contribution in [0.5, 0.6) is 0 Å². The minimum absolute atomic E-state index is 0.240. The van der Waals surface area contributed by atoms with Crippen molar-refractivity contribution >= 4 is 0 Å². The monoisotopic (exact) mass is 125 g/mol. The summed E-state index contributed by atoms with van der Waals surface area (Å²) in [5, 5.41) is 6.46. The van der Waals surface area contributed by atoms with Gasteiger partial charge in [0.05, 0.1) is 0 Å². The maximum absolute atomic E-state index is 2.19. The first-order chi connectivity index (χ1) is 4.14. The van der Waals surface area contributed by atoms with Crippen LogP contribution in [0.4, 0.5) is 0 Å². The van der Waals surface area contributed by atoms with E-state index in [0.717, 1.165) is 0 Å². The third kappa shape index (κ3) is 0.412. The quantitative estimate of drug-likeness (QED) is 0.438. The van der Waals surface area contributed by atoms with Crippen molar-refractivity contribution in [3.05, 3.63) is 12.4 Å². The molecule has 50 valence electrons. The van der Waals surface area contributed by atoms with Gasteiger partial charge in [0, 0.05) is 19.4 Å². The van der Waals surface area contributed by atoms with Gasteiger partial charge >= 0.3 is 0 Å². The molecule has 1 fully saturated rings. The zero-order chi connectivity index (χ0) is 6.65. The van der Waals surface area contributed by atoms with E-state index in [1.54, 1.807) is 0 Å². The van der Waals surface area contributed by atoms with Gasteiger partial charge in [0.25, 0.3) is 0 Å². The van der Waals surface area contributed by atoms with E-state index in [1.165, 1.54) is 0 Å². The first-order valence-corrected chi connectivity index (χ1v) is 3.14. The molecule has 1 saturated heterocycles. The smallest absolute Gasteiger partial charge is 0.142 e. The van der Waals surface area contributed by atoms with Gasteiger partial charge in [-0.3, -0.25) is 10.0 Å². The topological polar surface area (TPSA) is 9.26 Å². The van der Waals surface area contributed by atoms with Crippen LogP contribution in [0.1, 0.15) is 13.8 Å². The minimum atomic E-state index is 0.240. The zero-order valence-electron chi connectivity index (χ0n) is 6.00. The molecule has 0 aromatic heterocycles. The lowest BCUT2D eigenvalue weighted by Crippen LogP contribution is -2.22. The van der Waals surface area contributed by atoms with Crippen LogP contribution in [0, 0.1) is 0 Å². The van der Waals surface area contributed by atoms with Crippen LogP contribution >= 0.6 is 0 Å². The Kier molecular flexibility index (Phi) is 0.620. The summed E-state index contributed by atoms with van der Waals surface area (Å²) in [4.78, 5) is 0. The lowest BCUT2D eigenvalue weighted by atomic mass is 10.3. The van der Waals surface area contributed by atoms with Crippen molar-refractivity contribution in [3.63, 3.8) is 0 Å². The summed E-state index contributed by atoms with van der Waals surface area (Å²) in [6.45, 7) is 4.38. The molecule has 0 aromatic carbocycles. The molecule has 9 heavy (non-hydrogen) atoms. The molecule has 3 nitrogen and oxygen atoms in total. The van der Waals surface area contributed by atoms with E-state index >= 15 is 0 Å². The molecule has 2 aliphatic heterocycles. The number of fused-ring (bicyclic) bond motifs is 1. The molecular formula is C6H11N3. The normalized spacial score (nSPS) is 35.2. The first-order valence-electron chi connectivity index (χ1n) is 3.14. The third-order valence-electron chi connectivity index (χ3n) is 1.94. The van der Waals surface area contributed by atoms with Crippen molar-refractivity contribution in [1.82, 2.24) is 15.1 Å².